The standard InChI is InChI=1S/C17H15ClFN3O3S/c1-25-11-13-14(18)5-4-7-16(13)21-26(23,24)12-9-20-22(10-12)17-8-3-2-6-15(17)19/h2-10,21H,11H2,1H3. The number of sulfonamides is 1. The Balaban J connectivity index is 1.93. The van der Waals surface area contributed by atoms with Crippen molar-refractivity contribution < 1.29 is 17.5 Å². The maximum atomic E-state index is 13.9. The predicted octanol–water partition coefficient (Wildman–Crippen LogP) is 3.61. The highest BCUT2D eigenvalue weighted by Crippen LogP contribution is 2.27. The second-order valence-electron chi connectivity index (χ2n) is 5.38. The number of rotatable bonds is 6. The summed E-state index contributed by atoms with van der Waals surface area (Å²) in [7, 11) is -2.45. The van der Waals surface area contributed by atoms with Crippen LogP contribution in [0.3, 0.4) is 0 Å². The number of hydrogen-bond donors (Lipinski definition) is 1. The SMILES string of the molecule is COCc1c(Cl)cccc1NS(=O)(=O)c1cnn(-c2ccccc2F)c1. The monoisotopic (exact) mass is 395 g/mol. The Hall–Kier alpha value is -2.42. The molecule has 1 N–H and O–H groups in total. The summed E-state index contributed by atoms with van der Waals surface area (Å²) < 4.78 is 47.9. The van der Waals surface area contributed by atoms with Crippen LogP contribution in [0.1, 0.15) is 5.56 Å². The summed E-state index contributed by atoms with van der Waals surface area (Å²) in [6.45, 7) is 0.145. The lowest BCUT2D eigenvalue weighted by molar-refractivity contribution is 0.185. The van der Waals surface area contributed by atoms with Crippen molar-refractivity contribution >= 4 is 27.3 Å². The van der Waals surface area contributed by atoms with Crippen molar-refractivity contribution in [2.75, 3.05) is 11.8 Å². The maximum absolute atomic E-state index is 13.9. The van der Waals surface area contributed by atoms with Crippen LogP contribution in [0.25, 0.3) is 5.69 Å². The van der Waals surface area contributed by atoms with E-state index in [1.807, 2.05) is 0 Å². The van der Waals surface area contributed by atoms with E-state index >= 15 is 0 Å². The minimum atomic E-state index is -3.94. The Morgan fingerprint density at radius 1 is 1.23 bits per heavy atom. The molecule has 0 spiro atoms. The topological polar surface area (TPSA) is 73.2 Å². The summed E-state index contributed by atoms with van der Waals surface area (Å²) in [6, 6.07) is 10.8. The van der Waals surface area contributed by atoms with Crippen molar-refractivity contribution in [3.05, 3.63) is 71.3 Å². The molecule has 0 saturated heterocycles. The fourth-order valence-electron chi connectivity index (χ4n) is 2.36. The van der Waals surface area contributed by atoms with Gasteiger partial charge in [-0.25, -0.2) is 17.5 Å². The molecule has 0 fully saturated rings. The van der Waals surface area contributed by atoms with Gasteiger partial charge in [-0.05, 0) is 24.3 Å². The number of para-hydroxylation sites is 1. The van der Waals surface area contributed by atoms with Gasteiger partial charge in [-0.1, -0.05) is 29.8 Å². The van der Waals surface area contributed by atoms with Crippen LogP contribution in [0, 0.1) is 5.82 Å². The Morgan fingerprint density at radius 3 is 2.73 bits per heavy atom. The van der Waals surface area contributed by atoms with Gasteiger partial charge in [0.15, 0.2) is 0 Å². The van der Waals surface area contributed by atoms with E-state index in [-0.39, 0.29) is 17.2 Å². The van der Waals surface area contributed by atoms with Crippen LogP contribution < -0.4 is 4.72 Å². The molecule has 3 aromatic rings. The van der Waals surface area contributed by atoms with E-state index in [2.05, 4.69) is 9.82 Å². The molecule has 0 amide bonds. The van der Waals surface area contributed by atoms with Gasteiger partial charge in [0, 0.05) is 17.7 Å². The molecule has 0 aliphatic carbocycles. The van der Waals surface area contributed by atoms with Crippen molar-refractivity contribution in [2.24, 2.45) is 0 Å². The summed E-state index contributed by atoms with van der Waals surface area (Å²) in [5, 5.41) is 4.32. The molecule has 0 aliphatic heterocycles. The molecule has 1 aromatic heterocycles. The van der Waals surface area contributed by atoms with Crippen molar-refractivity contribution in [3.63, 3.8) is 0 Å². The third-order valence-corrected chi connectivity index (χ3v) is 5.29. The van der Waals surface area contributed by atoms with Gasteiger partial charge in [0.1, 0.15) is 16.4 Å². The summed E-state index contributed by atoms with van der Waals surface area (Å²) in [6.07, 6.45) is 2.39. The highest BCUT2D eigenvalue weighted by molar-refractivity contribution is 7.92. The summed E-state index contributed by atoms with van der Waals surface area (Å²) in [4.78, 5) is -0.107. The van der Waals surface area contributed by atoms with Crippen LogP contribution in [-0.2, 0) is 21.4 Å². The van der Waals surface area contributed by atoms with E-state index in [1.54, 1.807) is 24.3 Å². The first-order valence-electron chi connectivity index (χ1n) is 7.51. The van der Waals surface area contributed by atoms with E-state index in [0.717, 1.165) is 10.9 Å². The van der Waals surface area contributed by atoms with E-state index in [9.17, 15) is 12.8 Å². The first kappa shape index (κ1) is 18.4. The molecule has 26 heavy (non-hydrogen) atoms. The van der Waals surface area contributed by atoms with Gasteiger partial charge in [-0.2, -0.15) is 5.10 Å². The predicted molar refractivity (Wildman–Crippen MR) is 96.5 cm³/mol. The zero-order chi connectivity index (χ0) is 18.7. The van der Waals surface area contributed by atoms with Gasteiger partial charge in [0.05, 0.1) is 24.7 Å². The minimum Gasteiger partial charge on any atom is -0.380 e. The lowest BCUT2D eigenvalue weighted by atomic mass is 10.2. The number of anilines is 1. The molecular weight excluding hydrogens is 381 g/mol. The van der Waals surface area contributed by atoms with Gasteiger partial charge in [-0.3, -0.25) is 4.72 Å². The number of aromatic nitrogens is 2. The summed E-state index contributed by atoms with van der Waals surface area (Å²) in [5.74, 6) is -0.510. The molecule has 0 saturated carbocycles. The third-order valence-electron chi connectivity index (χ3n) is 3.62. The molecule has 1 heterocycles. The first-order valence-corrected chi connectivity index (χ1v) is 9.37. The Morgan fingerprint density at radius 2 is 2.00 bits per heavy atom. The zero-order valence-corrected chi connectivity index (χ0v) is 15.3. The number of hydrogen-bond acceptors (Lipinski definition) is 4. The average molecular weight is 396 g/mol. The molecule has 0 aliphatic rings. The summed E-state index contributed by atoms with van der Waals surface area (Å²) in [5.41, 5.74) is 0.969. The fourth-order valence-corrected chi connectivity index (χ4v) is 3.62. The average Bonchev–Trinajstić information content (AvgIpc) is 3.09. The van der Waals surface area contributed by atoms with Crippen molar-refractivity contribution in [2.45, 2.75) is 11.5 Å². The van der Waals surface area contributed by atoms with Crippen LogP contribution in [-0.4, -0.2) is 25.3 Å². The van der Waals surface area contributed by atoms with Gasteiger partial charge in [0.25, 0.3) is 10.0 Å². The van der Waals surface area contributed by atoms with E-state index in [0.29, 0.717) is 16.3 Å². The highest BCUT2D eigenvalue weighted by Gasteiger charge is 2.20. The van der Waals surface area contributed by atoms with Gasteiger partial charge in [-0.15, -0.1) is 0 Å². The number of halogens is 2. The Labute approximate surface area is 155 Å². The van der Waals surface area contributed by atoms with Crippen LogP contribution in [0.4, 0.5) is 10.1 Å². The van der Waals surface area contributed by atoms with Crippen LogP contribution >= 0.6 is 11.6 Å². The summed E-state index contributed by atoms with van der Waals surface area (Å²) >= 11 is 6.11. The fraction of sp³-hybridized carbons (Fsp3) is 0.118. The van der Waals surface area contributed by atoms with E-state index in [1.165, 1.54) is 31.5 Å². The highest BCUT2D eigenvalue weighted by atomic mass is 35.5. The van der Waals surface area contributed by atoms with Crippen LogP contribution in [0.15, 0.2) is 59.8 Å². The lowest BCUT2D eigenvalue weighted by Crippen LogP contribution is -2.14. The second kappa shape index (κ2) is 7.45. The van der Waals surface area contributed by atoms with Crippen molar-refractivity contribution in [1.29, 1.82) is 0 Å². The molecule has 0 radical (unpaired) electrons. The van der Waals surface area contributed by atoms with Gasteiger partial charge in [0.2, 0.25) is 0 Å². The molecule has 0 unspecified atom stereocenters. The zero-order valence-electron chi connectivity index (χ0n) is 13.7. The molecule has 0 atom stereocenters. The quantitative estimate of drug-likeness (QED) is 0.692. The smallest absolute Gasteiger partial charge is 0.265 e. The molecule has 3 rings (SSSR count). The minimum absolute atomic E-state index is 0.107. The van der Waals surface area contributed by atoms with Crippen LogP contribution in [0.2, 0.25) is 5.02 Å². The second-order valence-corrected chi connectivity index (χ2v) is 7.47. The molecule has 0 bridgehead atoms. The largest absolute Gasteiger partial charge is 0.380 e. The van der Waals surface area contributed by atoms with Crippen molar-refractivity contribution in [3.8, 4) is 5.69 Å². The maximum Gasteiger partial charge on any atom is 0.265 e. The number of nitrogens with zero attached hydrogens (tertiary/aromatic N) is 2. The van der Waals surface area contributed by atoms with Gasteiger partial charge < -0.3 is 4.74 Å². The molecule has 2 aromatic carbocycles. The molecular formula is C17H15ClFN3O3S. The Bertz CT molecular complexity index is 1040. The Kier molecular flexibility index (Phi) is 5.26. The number of nitrogens with one attached hydrogen (secondary N) is 1. The first-order chi connectivity index (χ1) is 12.4. The third kappa shape index (κ3) is 3.72. The lowest BCUT2D eigenvalue weighted by Gasteiger charge is -2.12. The van der Waals surface area contributed by atoms with Crippen LogP contribution in [0.5, 0.6) is 0 Å². The normalized spacial score (nSPS) is 11.5. The van der Waals surface area contributed by atoms with E-state index in [4.69, 9.17) is 16.3 Å². The van der Waals surface area contributed by atoms with Crippen molar-refractivity contribution in [1.82, 2.24) is 9.78 Å². The number of benzene rings is 2. The molecule has 6 nitrogen and oxygen atoms in total. The molecule has 9 heteroatoms. The van der Waals surface area contributed by atoms with E-state index < -0.39 is 15.8 Å². The number of ether oxygens (including phenoxy) is 1. The van der Waals surface area contributed by atoms with Gasteiger partial charge >= 0.3 is 0 Å². The number of methoxy groups -OCH3 is 1. The molecule has 136 valence electrons.